The van der Waals surface area contributed by atoms with Gasteiger partial charge in [-0.2, -0.15) is 0 Å². The van der Waals surface area contributed by atoms with Crippen LogP contribution in [0, 0.1) is 5.82 Å². The number of halogens is 2. The number of para-hydroxylation sites is 1. The predicted molar refractivity (Wildman–Crippen MR) is 77.1 cm³/mol. The molecule has 2 aromatic rings. The molecule has 0 saturated carbocycles. The van der Waals surface area contributed by atoms with E-state index >= 15 is 0 Å². The number of carbonyl (C=O) groups excluding carboxylic acids is 1. The van der Waals surface area contributed by atoms with Crippen molar-refractivity contribution in [3.63, 3.8) is 0 Å². The molecule has 0 heterocycles. The van der Waals surface area contributed by atoms with Crippen LogP contribution in [-0.2, 0) is 6.42 Å². The Labute approximate surface area is 122 Å². The summed E-state index contributed by atoms with van der Waals surface area (Å²) in [7, 11) is 1.58. The van der Waals surface area contributed by atoms with Crippen LogP contribution in [0.4, 0.5) is 4.39 Å². The minimum absolute atomic E-state index is 0.0734. The third-order valence-electron chi connectivity index (χ3n) is 3.05. The number of ketones is 1. The van der Waals surface area contributed by atoms with Gasteiger partial charge in [-0.3, -0.25) is 4.79 Å². The van der Waals surface area contributed by atoms with Gasteiger partial charge in [0.15, 0.2) is 5.78 Å². The molecule has 2 rings (SSSR count). The molecule has 2 nitrogen and oxygen atoms in total. The van der Waals surface area contributed by atoms with E-state index in [9.17, 15) is 9.18 Å². The van der Waals surface area contributed by atoms with E-state index in [-0.39, 0.29) is 22.8 Å². The highest BCUT2D eigenvalue weighted by Gasteiger charge is 2.13. The SMILES string of the molecule is COc1ccccc1CCC(=O)c1ccc(Cl)cc1F. The molecule has 0 radical (unpaired) electrons. The van der Waals surface area contributed by atoms with Crippen LogP contribution in [-0.4, -0.2) is 12.9 Å². The lowest BCUT2D eigenvalue weighted by atomic mass is 10.0. The summed E-state index contributed by atoms with van der Waals surface area (Å²) in [6.07, 6.45) is 0.726. The Morgan fingerprint density at radius 3 is 2.70 bits per heavy atom. The fourth-order valence-corrected chi connectivity index (χ4v) is 2.17. The van der Waals surface area contributed by atoms with Crippen LogP contribution in [0.1, 0.15) is 22.3 Å². The molecule has 0 aliphatic heterocycles. The quantitative estimate of drug-likeness (QED) is 0.768. The zero-order chi connectivity index (χ0) is 14.5. The Hall–Kier alpha value is -1.87. The summed E-state index contributed by atoms with van der Waals surface area (Å²) in [6.45, 7) is 0. The van der Waals surface area contributed by atoms with Crippen molar-refractivity contribution in [2.75, 3.05) is 7.11 Å². The number of carbonyl (C=O) groups is 1. The smallest absolute Gasteiger partial charge is 0.166 e. The van der Waals surface area contributed by atoms with Gasteiger partial charge in [-0.15, -0.1) is 0 Å². The summed E-state index contributed by atoms with van der Waals surface area (Å²) < 4.78 is 18.9. The van der Waals surface area contributed by atoms with Gasteiger partial charge in [0.25, 0.3) is 0 Å². The van der Waals surface area contributed by atoms with Crippen LogP contribution in [0.15, 0.2) is 42.5 Å². The first-order valence-electron chi connectivity index (χ1n) is 6.22. The summed E-state index contributed by atoms with van der Waals surface area (Å²) in [5.41, 5.74) is 1.00. The molecule has 0 unspecified atom stereocenters. The van der Waals surface area contributed by atoms with Gasteiger partial charge in [0.05, 0.1) is 12.7 Å². The van der Waals surface area contributed by atoms with Crippen molar-refractivity contribution in [1.82, 2.24) is 0 Å². The molecule has 0 N–H and O–H groups in total. The molecule has 0 fully saturated rings. The molecule has 4 heteroatoms. The number of hydrogen-bond donors (Lipinski definition) is 0. The van der Waals surface area contributed by atoms with E-state index in [0.717, 1.165) is 17.4 Å². The van der Waals surface area contributed by atoms with Crippen LogP contribution in [0.5, 0.6) is 5.75 Å². The van der Waals surface area contributed by atoms with Crippen molar-refractivity contribution in [1.29, 1.82) is 0 Å². The van der Waals surface area contributed by atoms with Crippen LogP contribution in [0.2, 0.25) is 5.02 Å². The van der Waals surface area contributed by atoms with Gasteiger partial charge in [-0.1, -0.05) is 29.8 Å². The molecule has 0 aromatic heterocycles. The van der Waals surface area contributed by atoms with Gasteiger partial charge in [0, 0.05) is 11.4 Å². The minimum atomic E-state index is -0.581. The van der Waals surface area contributed by atoms with Crippen LogP contribution >= 0.6 is 11.6 Å². The second kappa shape index (κ2) is 6.53. The normalized spacial score (nSPS) is 10.3. The van der Waals surface area contributed by atoms with Gasteiger partial charge in [0.1, 0.15) is 11.6 Å². The van der Waals surface area contributed by atoms with Crippen molar-refractivity contribution in [2.24, 2.45) is 0 Å². The summed E-state index contributed by atoms with van der Waals surface area (Å²) in [5, 5.41) is 0.281. The van der Waals surface area contributed by atoms with Crippen molar-refractivity contribution in [3.8, 4) is 5.75 Å². The second-order valence-corrected chi connectivity index (χ2v) is 4.80. The Morgan fingerprint density at radius 2 is 2.00 bits per heavy atom. The first-order chi connectivity index (χ1) is 9.61. The van der Waals surface area contributed by atoms with Crippen molar-refractivity contribution in [2.45, 2.75) is 12.8 Å². The van der Waals surface area contributed by atoms with E-state index in [4.69, 9.17) is 16.3 Å². The highest BCUT2D eigenvalue weighted by molar-refractivity contribution is 6.30. The lowest BCUT2D eigenvalue weighted by Gasteiger charge is -2.08. The minimum Gasteiger partial charge on any atom is -0.496 e. The van der Waals surface area contributed by atoms with E-state index < -0.39 is 5.82 Å². The largest absolute Gasteiger partial charge is 0.496 e. The molecule has 0 amide bonds. The maximum Gasteiger partial charge on any atom is 0.166 e. The van der Waals surface area contributed by atoms with Gasteiger partial charge < -0.3 is 4.74 Å². The fraction of sp³-hybridized carbons (Fsp3) is 0.188. The number of benzene rings is 2. The molecule has 0 saturated heterocycles. The first kappa shape index (κ1) is 14.5. The molecular formula is C16H14ClFO2. The van der Waals surface area contributed by atoms with Gasteiger partial charge in [-0.25, -0.2) is 4.39 Å². The summed E-state index contributed by atoms with van der Waals surface area (Å²) >= 11 is 5.67. The van der Waals surface area contributed by atoms with Crippen LogP contribution in [0.25, 0.3) is 0 Å². The number of ether oxygens (including phenoxy) is 1. The summed E-state index contributed by atoms with van der Waals surface area (Å²) in [5.74, 6) is -0.0931. The summed E-state index contributed by atoms with van der Waals surface area (Å²) in [4.78, 5) is 12.0. The van der Waals surface area contributed by atoms with E-state index in [0.29, 0.717) is 6.42 Å². The van der Waals surface area contributed by atoms with Crippen molar-refractivity contribution >= 4 is 17.4 Å². The number of hydrogen-bond acceptors (Lipinski definition) is 2. The predicted octanol–water partition coefficient (Wildman–Crippen LogP) is 4.30. The van der Waals surface area contributed by atoms with E-state index in [1.165, 1.54) is 12.1 Å². The fourth-order valence-electron chi connectivity index (χ4n) is 2.01. The molecule has 104 valence electrons. The lowest BCUT2D eigenvalue weighted by molar-refractivity contribution is 0.0979. The van der Waals surface area contributed by atoms with Crippen molar-refractivity contribution in [3.05, 3.63) is 64.4 Å². The van der Waals surface area contributed by atoms with Gasteiger partial charge in [-0.05, 0) is 36.2 Å². The highest BCUT2D eigenvalue weighted by Crippen LogP contribution is 2.21. The molecule has 0 aliphatic carbocycles. The summed E-state index contributed by atoms with van der Waals surface area (Å²) in [6, 6.07) is 11.6. The topological polar surface area (TPSA) is 26.3 Å². The maximum absolute atomic E-state index is 13.6. The third kappa shape index (κ3) is 3.36. The van der Waals surface area contributed by atoms with Crippen molar-refractivity contribution < 1.29 is 13.9 Å². The monoisotopic (exact) mass is 292 g/mol. The third-order valence-corrected chi connectivity index (χ3v) is 3.28. The molecular weight excluding hydrogens is 279 g/mol. The van der Waals surface area contributed by atoms with E-state index in [1.807, 2.05) is 24.3 Å². The Bertz CT molecular complexity index is 626. The Morgan fingerprint density at radius 1 is 1.25 bits per heavy atom. The molecule has 0 aliphatic rings. The Balaban J connectivity index is 2.09. The molecule has 0 bridgehead atoms. The number of Topliss-reactive ketones (excluding diaryl/α,β-unsaturated/α-hetero) is 1. The second-order valence-electron chi connectivity index (χ2n) is 4.36. The zero-order valence-corrected chi connectivity index (χ0v) is 11.8. The first-order valence-corrected chi connectivity index (χ1v) is 6.59. The average molecular weight is 293 g/mol. The van der Waals surface area contributed by atoms with Gasteiger partial charge in [0.2, 0.25) is 0 Å². The number of methoxy groups -OCH3 is 1. The Kier molecular flexibility index (Phi) is 4.74. The average Bonchev–Trinajstić information content (AvgIpc) is 2.45. The zero-order valence-electron chi connectivity index (χ0n) is 11.0. The maximum atomic E-state index is 13.6. The lowest BCUT2D eigenvalue weighted by Crippen LogP contribution is -2.04. The highest BCUT2D eigenvalue weighted by atomic mass is 35.5. The standard InChI is InChI=1S/C16H14ClFO2/c1-20-16-5-3-2-4-11(16)6-9-15(19)13-8-7-12(17)10-14(13)18/h2-5,7-8,10H,6,9H2,1H3. The van der Waals surface area contributed by atoms with Crippen LogP contribution in [0.3, 0.4) is 0 Å². The van der Waals surface area contributed by atoms with E-state index in [2.05, 4.69) is 0 Å². The van der Waals surface area contributed by atoms with Crippen LogP contribution < -0.4 is 4.74 Å². The molecule has 2 aromatic carbocycles. The molecule has 20 heavy (non-hydrogen) atoms. The number of aryl methyl sites for hydroxylation is 1. The van der Waals surface area contributed by atoms with E-state index in [1.54, 1.807) is 7.11 Å². The molecule has 0 spiro atoms. The molecule has 0 atom stereocenters. The number of rotatable bonds is 5. The van der Waals surface area contributed by atoms with Gasteiger partial charge >= 0.3 is 0 Å².